The second-order valence-corrected chi connectivity index (χ2v) is 3.21. The number of anilines is 1. The Bertz CT molecular complexity index is 546. The predicted molar refractivity (Wildman–Crippen MR) is 58.1 cm³/mol. The summed E-state index contributed by atoms with van der Waals surface area (Å²) in [6.45, 7) is 0. The largest absolute Gasteiger partial charge is 0.508 e. The number of nitrogens with zero attached hydrogens (tertiary/aromatic N) is 2. The molecule has 0 aliphatic rings. The van der Waals surface area contributed by atoms with Crippen LogP contribution in [0.2, 0.25) is 0 Å². The minimum atomic E-state index is -0.800. The second kappa shape index (κ2) is 4.56. The molecule has 5 nitrogen and oxygen atoms in total. The number of phenolic OH excluding ortho intramolecular Hbond substituents is 1. The zero-order valence-electron chi connectivity index (χ0n) is 8.59. The molecular weight excluding hydrogens is 225 g/mol. The molecule has 0 unspecified atom stereocenters. The Hall–Kier alpha value is -2.50. The van der Waals surface area contributed by atoms with Gasteiger partial charge in [0, 0.05) is 18.5 Å². The van der Waals surface area contributed by atoms with Gasteiger partial charge in [0.1, 0.15) is 11.6 Å². The van der Waals surface area contributed by atoms with Crippen LogP contribution in [-0.4, -0.2) is 21.0 Å². The van der Waals surface area contributed by atoms with Crippen LogP contribution in [0.25, 0.3) is 0 Å². The van der Waals surface area contributed by atoms with Crippen LogP contribution in [0.4, 0.5) is 10.2 Å². The van der Waals surface area contributed by atoms with E-state index in [-0.39, 0.29) is 17.1 Å². The molecule has 17 heavy (non-hydrogen) atoms. The Labute approximate surface area is 96.0 Å². The second-order valence-electron chi connectivity index (χ2n) is 3.21. The Morgan fingerprint density at radius 2 is 2.18 bits per heavy atom. The van der Waals surface area contributed by atoms with Crippen molar-refractivity contribution in [2.24, 2.45) is 0 Å². The number of nitrogens with one attached hydrogen (secondary N) is 1. The summed E-state index contributed by atoms with van der Waals surface area (Å²) >= 11 is 0. The molecule has 1 amide bonds. The van der Waals surface area contributed by atoms with E-state index in [1.807, 2.05) is 0 Å². The quantitative estimate of drug-likeness (QED) is 0.825. The van der Waals surface area contributed by atoms with Gasteiger partial charge in [-0.2, -0.15) is 0 Å². The van der Waals surface area contributed by atoms with E-state index < -0.39 is 11.7 Å². The molecule has 0 saturated carbocycles. The summed E-state index contributed by atoms with van der Waals surface area (Å²) in [4.78, 5) is 19.2. The van der Waals surface area contributed by atoms with Crippen LogP contribution in [0.15, 0.2) is 36.8 Å². The molecule has 0 saturated heterocycles. The lowest BCUT2D eigenvalue weighted by molar-refractivity contribution is 0.102. The molecule has 86 valence electrons. The van der Waals surface area contributed by atoms with Crippen LogP contribution in [0.1, 0.15) is 10.4 Å². The average molecular weight is 233 g/mol. The lowest BCUT2D eigenvalue weighted by atomic mass is 10.2. The zero-order valence-corrected chi connectivity index (χ0v) is 8.59. The van der Waals surface area contributed by atoms with Crippen LogP contribution in [0.3, 0.4) is 0 Å². The molecule has 1 aromatic carbocycles. The molecule has 0 atom stereocenters. The van der Waals surface area contributed by atoms with Crippen molar-refractivity contribution in [2.75, 3.05) is 5.32 Å². The maximum atomic E-state index is 13.3. The molecular formula is C11H8FN3O2. The third-order valence-corrected chi connectivity index (χ3v) is 2.00. The first-order chi connectivity index (χ1) is 8.16. The zero-order chi connectivity index (χ0) is 12.3. The van der Waals surface area contributed by atoms with Crippen molar-refractivity contribution in [1.29, 1.82) is 0 Å². The highest BCUT2D eigenvalue weighted by Crippen LogP contribution is 2.15. The van der Waals surface area contributed by atoms with Gasteiger partial charge >= 0.3 is 0 Å². The molecule has 0 aliphatic carbocycles. The summed E-state index contributed by atoms with van der Waals surface area (Å²) in [5.74, 6) is -1.46. The number of carbonyl (C=O) groups is 1. The van der Waals surface area contributed by atoms with Crippen LogP contribution >= 0.6 is 0 Å². The molecule has 0 spiro atoms. The van der Waals surface area contributed by atoms with Crippen LogP contribution in [0, 0.1) is 5.82 Å². The highest BCUT2D eigenvalue weighted by Gasteiger charge is 2.12. The van der Waals surface area contributed by atoms with Crippen molar-refractivity contribution in [3.05, 3.63) is 48.2 Å². The number of aromatic nitrogens is 2. The Morgan fingerprint density at radius 1 is 1.35 bits per heavy atom. The van der Waals surface area contributed by atoms with Crippen LogP contribution < -0.4 is 5.32 Å². The number of halogens is 1. The lowest BCUT2D eigenvalue weighted by Gasteiger charge is -2.04. The van der Waals surface area contributed by atoms with Crippen molar-refractivity contribution in [2.45, 2.75) is 0 Å². The van der Waals surface area contributed by atoms with Crippen molar-refractivity contribution in [3.8, 4) is 5.75 Å². The summed E-state index contributed by atoms with van der Waals surface area (Å²) in [5, 5.41) is 11.4. The standard InChI is InChI=1S/C11H8FN3O2/c12-9-5-7(16)1-2-8(9)11(17)15-10-6-13-3-4-14-10/h1-6,16H,(H,14,15,17). The molecule has 1 heterocycles. The van der Waals surface area contributed by atoms with Gasteiger partial charge in [-0.25, -0.2) is 9.37 Å². The van der Waals surface area contributed by atoms with E-state index in [0.717, 1.165) is 6.07 Å². The minimum absolute atomic E-state index is 0.173. The molecule has 2 aromatic rings. The van der Waals surface area contributed by atoms with Gasteiger partial charge in [-0.15, -0.1) is 0 Å². The van der Waals surface area contributed by atoms with E-state index in [0.29, 0.717) is 0 Å². The Morgan fingerprint density at radius 3 is 2.82 bits per heavy atom. The van der Waals surface area contributed by atoms with Crippen LogP contribution in [0.5, 0.6) is 5.75 Å². The maximum absolute atomic E-state index is 13.3. The van der Waals surface area contributed by atoms with Gasteiger partial charge in [0.25, 0.3) is 5.91 Å². The third kappa shape index (κ3) is 2.54. The number of aromatic hydroxyl groups is 1. The fourth-order valence-corrected chi connectivity index (χ4v) is 1.24. The van der Waals surface area contributed by atoms with E-state index in [2.05, 4.69) is 15.3 Å². The SMILES string of the molecule is O=C(Nc1cnccn1)c1ccc(O)cc1F. The van der Waals surface area contributed by atoms with Gasteiger partial charge in [0.05, 0.1) is 11.8 Å². The predicted octanol–water partition coefficient (Wildman–Crippen LogP) is 1.57. The van der Waals surface area contributed by atoms with E-state index in [4.69, 9.17) is 5.11 Å². The first-order valence-corrected chi connectivity index (χ1v) is 4.72. The van der Waals surface area contributed by atoms with Gasteiger partial charge in [-0.1, -0.05) is 0 Å². The van der Waals surface area contributed by atoms with Crippen molar-refractivity contribution < 1.29 is 14.3 Å². The fourth-order valence-electron chi connectivity index (χ4n) is 1.24. The molecule has 0 aliphatic heterocycles. The fraction of sp³-hybridized carbons (Fsp3) is 0. The van der Waals surface area contributed by atoms with E-state index >= 15 is 0 Å². The number of hydrogen-bond acceptors (Lipinski definition) is 4. The molecule has 0 bridgehead atoms. The summed E-state index contributed by atoms with van der Waals surface area (Å²) in [6.07, 6.45) is 4.20. The third-order valence-electron chi connectivity index (χ3n) is 2.00. The normalized spacial score (nSPS) is 9.94. The minimum Gasteiger partial charge on any atom is -0.508 e. The number of amides is 1. The summed E-state index contributed by atoms with van der Waals surface area (Å²) in [6, 6.07) is 3.29. The van der Waals surface area contributed by atoms with Gasteiger partial charge < -0.3 is 10.4 Å². The van der Waals surface area contributed by atoms with Gasteiger partial charge in [0.15, 0.2) is 5.82 Å². The number of phenols is 1. The van der Waals surface area contributed by atoms with E-state index in [1.165, 1.54) is 30.7 Å². The van der Waals surface area contributed by atoms with Gasteiger partial charge in [-0.05, 0) is 12.1 Å². The lowest BCUT2D eigenvalue weighted by Crippen LogP contribution is -2.14. The van der Waals surface area contributed by atoms with E-state index in [9.17, 15) is 9.18 Å². The molecule has 2 N–H and O–H groups in total. The number of rotatable bonds is 2. The summed E-state index contributed by atoms with van der Waals surface area (Å²) in [5.41, 5.74) is -0.173. The van der Waals surface area contributed by atoms with Crippen molar-refractivity contribution >= 4 is 11.7 Å². The summed E-state index contributed by atoms with van der Waals surface area (Å²) < 4.78 is 13.3. The molecule has 6 heteroatoms. The smallest absolute Gasteiger partial charge is 0.259 e. The topological polar surface area (TPSA) is 75.1 Å². The Balaban J connectivity index is 2.21. The highest BCUT2D eigenvalue weighted by atomic mass is 19.1. The number of benzene rings is 1. The maximum Gasteiger partial charge on any atom is 0.259 e. The van der Waals surface area contributed by atoms with Crippen molar-refractivity contribution in [3.63, 3.8) is 0 Å². The number of hydrogen-bond donors (Lipinski definition) is 2. The average Bonchev–Trinajstić information content (AvgIpc) is 2.30. The monoisotopic (exact) mass is 233 g/mol. The first kappa shape index (κ1) is 11.0. The van der Waals surface area contributed by atoms with Gasteiger partial charge in [-0.3, -0.25) is 9.78 Å². The molecule has 2 rings (SSSR count). The van der Waals surface area contributed by atoms with Gasteiger partial charge in [0.2, 0.25) is 0 Å². The Kier molecular flexibility index (Phi) is 2.95. The molecule has 0 radical (unpaired) electrons. The first-order valence-electron chi connectivity index (χ1n) is 4.72. The van der Waals surface area contributed by atoms with E-state index in [1.54, 1.807) is 0 Å². The molecule has 1 aromatic heterocycles. The summed E-state index contributed by atoms with van der Waals surface area (Å²) in [7, 11) is 0. The highest BCUT2D eigenvalue weighted by molar-refractivity contribution is 6.03. The molecule has 0 fully saturated rings. The van der Waals surface area contributed by atoms with Crippen molar-refractivity contribution in [1.82, 2.24) is 9.97 Å². The number of carbonyl (C=O) groups excluding carboxylic acids is 1. The van der Waals surface area contributed by atoms with Crippen LogP contribution in [-0.2, 0) is 0 Å².